The maximum atomic E-state index is 9.25. The number of nitriles is 1. The predicted octanol–water partition coefficient (Wildman–Crippen LogP) is 14.2. The van der Waals surface area contributed by atoms with E-state index < -0.39 is 0 Å². The zero-order valence-electron chi connectivity index (χ0n) is 33.8. The average Bonchev–Trinajstić information content (AvgIpc) is 3.69. The monoisotopic (exact) mass is 802 g/mol. The van der Waals surface area contributed by atoms with Gasteiger partial charge in [0.15, 0.2) is 17.5 Å². The molecule has 4 aliphatic carbocycles. The number of nitrogens with zero attached hydrogens (tertiary/aromatic N) is 4. The first-order chi connectivity index (χ1) is 30.0. The first-order valence-electron chi connectivity index (χ1n) is 21.6. The number of aromatic nitrogens is 3. The van der Waals surface area contributed by atoms with Crippen molar-refractivity contribution in [3.63, 3.8) is 0 Å². The van der Waals surface area contributed by atoms with Crippen LogP contribution in [0.15, 0.2) is 170 Å². The van der Waals surface area contributed by atoms with Crippen LogP contribution in [0.25, 0.3) is 76.6 Å². The fourth-order valence-electron chi connectivity index (χ4n) is 11.7. The zero-order valence-corrected chi connectivity index (χ0v) is 34.6. The molecule has 0 saturated heterocycles. The Bertz CT molecular complexity index is 3070. The smallest absolute Gasteiger partial charge is 0.164 e. The Morgan fingerprint density at radius 2 is 0.852 bits per heavy atom. The van der Waals surface area contributed by atoms with Gasteiger partial charge >= 0.3 is 0 Å². The van der Waals surface area contributed by atoms with E-state index in [0.717, 1.165) is 28.5 Å². The summed E-state index contributed by atoms with van der Waals surface area (Å²) in [6.07, 6.45) is 7.89. The first kappa shape index (κ1) is 36.1. The van der Waals surface area contributed by atoms with Gasteiger partial charge in [-0.05, 0) is 119 Å². The van der Waals surface area contributed by atoms with Gasteiger partial charge in [0, 0.05) is 36.9 Å². The minimum absolute atomic E-state index is 0.240. The predicted molar refractivity (Wildman–Crippen MR) is 249 cm³/mol. The molecule has 4 aliphatic rings. The lowest BCUT2D eigenvalue weighted by Gasteiger charge is -2.63. The summed E-state index contributed by atoms with van der Waals surface area (Å²) in [6.45, 7) is 0. The highest BCUT2D eigenvalue weighted by molar-refractivity contribution is 7.25. The summed E-state index contributed by atoms with van der Waals surface area (Å²) in [5.74, 6) is 3.60. The van der Waals surface area contributed by atoms with Crippen molar-refractivity contribution < 1.29 is 0 Å². The minimum atomic E-state index is 0.240. The minimum Gasteiger partial charge on any atom is -0.208 e. The third-order valence-corrected chi connectivity index (χ3v) is 15.3. The summed E-state index contributed by atoms with van der Waals surface area (Å²) in [7, 11) is 0. The molecule has 2 atom stereocenters. The Kier molecular flexibility index (Phi) is 8.40. The number of benzene rings is 7. The lowest BCUT2D eigenvalue weighted by molar-refractivity contribution is -0.0281. The van der Waals surface area contributed by atoms with Crippen molar-refractivity contribution in [3.05, 3.63) is 187 Å². The summed E-state index contributed by atoms with van der Waals surface area (Å²) < 4.78 is 2.51. The van der Waals surface area contributed by atoms with E-state index in [0.29, 0.717) is 23.0 Å². The second-order valence-electron chi connectivity index (χ2n) is 17.9. The number of hydrogen-bond acceptors (Lipinski definition) is 5. The van der Waals surface area contributed by atoms with E-state index in [1.54, 1.807) is 0 Å². The number of hydrogen-bond donors (Lipinski definition) is 0. The van der Waals surface area contributed by atoms with Gasteiger partial charge < -0.3 is 0 Å². The maximum absolute atomic E-state index is 9.25. The van der Waals surface area contributed by atoms with E-state index in [1.165, 1.54) is 92.1 Å². The summed E-state index contributed by atoms with van der Waals surface area (Å²) in [5, 5.41) is 11.8. The van der Waals surface area contributed by atoms with Gasteiger partial charge in [0.05, 0.1) is 11.6 Å². The highest BCUT2D eigenvalue weighted by Crippen LogP contribution is 2.66. The molecule has 0 N–H and O–H groups in total. The highest BCUT2D eigenvalue weighted by Gasteiger charge is 2.58. The van der Waals surface area contributed by atoms with Crippen molar-refractivity contribution in [2.24, 2.45) is 11.8 Å². The van der Waals surface area contributed by atoms with Crippen molar-refractivity contribution in [1.29, 1.82) is 5.26 Å². The van der Waals surface area contributed by atoms with E-state index in [4.69, 9.17) is 15.0 Å². The molecule has 13 rings (SSSR count). The SMILES string of the molecule is N#Cc1ccc(-c2ccc(C34CC5CC(C3)CC(c3ccc(-c6ccc7c(c6)sc6cc(-c8nc(-c9ccccc9)nc(-c9ccccc9)n8)ccc67)cc3)(C5)C4)cc2)cc1. The van der Waals surface area contributed by atoms with Crippen LogP contribution in [0.4, 0.5) is 0 Å². The third-order valence-electron chi connectivity index (χ3n) is 14.2. The Balaban J connectivity index is 0.832. The van der Waals surface area contributed by atoms with Crippen molar-refractivity contribution in [1.82, 2.24) is 15.0 Å². The summed E-state index contributed by atoms with van der Waals surface area (Å²) in [5.41, 5.74) is 12.1. The van der Waals surface area contributed by atoms with Gasteiger partial charge in [-0.3, -0.25) is 0 Å². The fourth-order valence-corrected chi connectivity index (χ4v) is 12.9. The molecule has 9 aromatic rings. The molecule has 0 aliphatic heterocycles. The first-order valence-corrected chi connectivity index (χ1v) is 22.4. The standard InChI is InChI=1S/C56H42N4S/c57-34-36-11-13-39(14-12-36)40-15-21-46(22-16-40)55-30-37-27-38(31-55)33-56(32-37,35-55)47-23-17-41(18-24-47)44-19-25-48-49-26-20-45(29-51(49)61-50(48)28-44)54-59-52(42-7-3-1-4-8-42)58-53(60-54)43-9-5-2-6-10-43/h1-26,28-29,37-38H,27,30-33,35H2. The molecule has 0 spiro atoms. The van der Waals surface area contributed by atoms with Crippen molar-refractivity contribution in [2.75, 3.05) is 0 Å². The van der Waals surface area contributed by atoms with Gasteiger partial charge in [0.1, 0.15) is 0 Å². The van der Waals surface area contributed by atoms with Gasteiger partial charge in [-0.1, -0.05) is 146 Å². The van der Waals surface area contributed by atoms with E-state index in [-0.39, 0.29) is 10.8 Å². The molecule has 0 amide bonds. The van der Waals surface area contributed by atoms with Crippen LogP contribution in [0.5, 0.6) is 0 Å². The second-order valence-corrected chi connectivity index (χ2v) is 19.0. The average molecular weight is 803 g/mol. The highest BCUT2D eigenvalue weighted by atomic mass is 32.1. The molecule has 0 radical (unpaired) electrons. The van der Waals surface area contributed by atoms with Gasteiger partial charge in [0.25, 0.3) is 0 Å². The zero-order chi connectivity index (χ0) is 40.5. The molecule has 4 saturated carbocycles. The summed E-state index contributed by atoms with van der Waals surface area (Å²) in [4.78, 5) is 14.9. The Hall–Kier alpha value is -6.74. The van der Waals surface area contributed by atoms with Gasteiger partial charge in [0.2, 0.25) is 0 Å². The second kappa shape index (κ2) is 14.2. The molecule has 4 nitrogen and oxygen atoms in total. The fraction of sp³-hybridized carbons (Fsp3) is 0.179. The third kappa shape index (κ3) is 6.28. The lowest BCUT2D eigenvalue weighted by atomic mass is 9.41. The van der Waals surface area contributed by atoms with Crippen molar-refractivity contribution in [3.8, 4) is 62.5 Å². The molecule has 2 aromatic heterocycles. The van der Waals surface area contributed by atoms with E-state index in [1.807, 2.05) is 59.9 Å². The van der Waals surface area contributed by atoms with E-state index in [9.17, 15) is 5.26 Å². The van der Waals surface area contributed by atoms with Gasteiger partial charge in [-0.15, -0.1) is 11.3 Å². The van der Waals surface area contributed by atoms with E-state index in [2.05, 4.69) is 127 Å². The molecular weight excluding hydrogens is 761 g/mol. The van der Waals surface area contributed by atoms with Gasteiger partial charge in [-0.2, -0.15) is 5.26 Å². The quantitative estimate of drug-likeness (QED) is 0.161. The molecule has 5 heteroatoms. The van der Waals surface area contributed by atoms with E-state index >= 15 is 0 Å². The van der Waals surface area contributed by atoms with Gasteiger partial charge in [-0.25, -0.2) is 15.0 Å². The molecule has 2 heterocycles. The molecule has 61 heavy (non-hydrogen) atoms. The number of thiophene rings is 1. The van der Waals surface area contributed by atoms with Crippen LogP contribution in [0, 0.1) is 23.2 Å². The Morgan fingerprint density at radius 1 is 0.443 bits per heavy atom. The van der Waals surface area contributed by atoms with Crippen LogP contribution in [0.1, 0.15) is 55.2 Å². The lowest BCUT2D eigenvalue weighted by Crippen LogP contribution is -2.55. The van der Waals surface area contributed by atoms with Crippen molar-refractivity contribution in [2.45, 2.75) is 49.4 Å². The van der Waals surface area contributed by atoms with Crippen molar-refractivity contribution >= 4 is 31.5 Å². The molecule has 292 valence electrons. The van der Waals surface area contributed by atoms with Crippen LogP contribution >= 0.6 is 11.3 Å². The van der Waals surface area contributed by atoms with Crippen LogP contribution in [0.2, 0.25) is 0 Å². The van der Waals surface area contributed by atoms with Crippen LogP contribution in [0.3, 0.4) is 0 Å². The molecule has 4 fully saturated rings. The van der Waals surface area contributed by atoms with Crippen LogP contribution in [-0.2, 0) is 10.8 Å². The Labute approximate surface area is 360 Å². The molecular formula is C56H42N4S. The largest absolute Gasteiger partial charge is 0.208 e. The molecule has 2 unspecified atom stereocenters. The Morgan fingerprint density at radius 3 is 1.34 bits per heavy atom. The molecule has 7 aromatic carbocycles. The molecule has 4 bridgehead atoms. The summed E-state index contributed by atoms with van der Waals surface area (Å²) >= 11 is 1.84. The number of fused-ring (bicyclic) bond motifs is 3. The van der Waals surface area contributed by atoms with Crippen LogP contribution in [-0.4, -0.2) is 15.0 Å². The number of rotatable bonds is 7. The maximum Gasteiger partial charge on any atom is 0.164 e. The topological polar surface area (TPSA) is 62.5 Å². The normalized spacial score (nSPS) is 21.5. The van der Waals surface area contributed by atoms with Crippen LogP contribution < -0.4 is 0 Å². The summed E-state index contributed by atoms with van der Waals surface area (Å²) in [6, 6.07) is 63.3.